The van der Waals surface area contributed by atoms with E-state index in [4.69, 9.17) is 9.47 Å². The number of thioether (sulfide) groups is 1. The van der Waals surface area contributed by atoms with Gasteiger partial charge < -0.3 is 14.8 Å². The van der Waals surface area contributed by atoms with Crippen LogP contribution < -0.4 is 14.8 Å². The quantitative estimate of drug-likeness (QED) is 0.716. The van der Waals surface area contributed by atoms with Crippen LogP contribution >= 0.6 is 27.7 Å². The van der Waals surface area contributed by atoms with Crippen LogP contribution in [0.5, 0.6) is 11.5 Å². The molecule has 0 radical (unpaired) electrons. The maximum absolute atomic E-state index is 13.0. The monoisotopic (exact) mass is 436 g/mol. The molecule has 2 aromatic rings. The molecule has 0 aliphatic carbocycles. The number of halogens is 2. The molecule has 1 amide bonds. The predicted octanol–water partition coefficient (Wildman–Crippen LogP) is 4.50. The topological polar surface area (TPSA) is 59.9 Å². The molecular formula is C18H14BrFN2O3S. The Morgan fingerprint density at radius 3 is 2.58 bits per heavy atom. The van der Waals surface area contributed by atoms with Crippen LogP contribution in [0, 0.1) is 5.82 Å². The molecule has 0 spiro atoms. The number of carbonyl (C=O) groups is 1. The van der Waals surface area contributed by atoms with Gasteiger partial charge in [0.05, 0.1) is 29.3 Å². The molecule has 1 aliphatic heterocycles. The highest BCUT2D eigenvalue weighted by Gasteiger charge is 2.24. The number of rotatable bonds is 4. The van der Waals surface area contributed by atoms with E-state index in [9.17, 15) is 9.18 Å². The number of amides is 1. The van der Waals surface area contributed by atoms with Crippen LogP contribution in [0.25, 0.3) is 6.08 Å². The number of amidine groups is 1. The van der Waals surface area contributed by atoms with Gasteiger partial charge in [0.1, 0.15) is 5.82 Å². The Balaban J connectivity index is 1.87. The molecule has 26 heavy (non-hydrogen) atoms. The van der Waals surface area contributed by atoms with E-state index in [0.29, 0.717) is 27.3 Å². The Bertz CT molecular complexity index is 913. The SMILES string of the molecule is COc1cc(/C=C2\SC(=Nc3ccc(F)cc3)NC2=O)cc(Br)c1OC. The summed E-state index contributed by atoms with van der Waals surface area (Å²) in [4.78, 5) is 17.0. The maximum atomic E-state index is 13.0. The zero-order valence-corrected chi connectivity index (χ0v) is 16.3. The van der Waals surface area contributed by atoms with Gasteiger partial charge in [0.15, 0.2) is 16.7 Å². The van der Waals surface area contributed by atoms with E-state index in [1.54, 1.807) is 38.5 Å². The second-order valence-corrected chi connectivity index (χ2v) is 7.08. The van der Waals surface area contributed by atoms with Crippen molar-refractivity contribution in [3.63, 3.8) is 0 Å². The van der Waals surface area contributed by atoms with Crippen molar-refractivity contribution in [3.05, 3.63) is 57.2 Å². The Hall–Kier alpha value is -2.32. The fourth-order valence-electron chi connectivity index (χ4n) is 2.29. The first-order valence-electron chi connectivity index (χ1n) is 7.47. The van der Waals surface area contributed by atoms with Crippen molar-refractivity contribution in [1.82, 2.24) is 5.32 Å². The van der Waals surface area contributed by atoms with E-state index in [0.717, 1.165) is 10.0 Å². The first kappa shape index (κ1) is 18.5. The number of hydrogen-bond acceptors (Lipinski definition) is 5. The van der Waals surface area contributed by atoms with Gasteiger partial charge in [-0.05, 0) is 75.7 Å². The van der Waals surface area contributed by atoms with E-state index >= 15 is 0 Å². The van der Waals surface area contributed by atoms with E-state index in [1.807, 2.05) is 6.07 Å². The standard InChI is InChI=1S/C18H14BrFN2O3S/c1-24-14-8-10(7-13(19)16(14)25-2)9-15-17(23)22-18(26-15)21-12-5-3-11(20)4-6-12/h3-9H,1-2H3,(H,21,22,23)/b15-9-. The van der Waals surface area contributed by atoms with Crippen LogP contribution in [0.15, 0.2) is 50.8 Å². The molecule has 3 rings (SSSR count). The second kappa shape index (κ2) is 7.92. The number of aliphatic imine (C=N–C) groups is 1. The average molecular weight is 437 g/mol. The summed E-state index contributed by atoms with van der Waals surface area (Å²) < 4.78 is 24.3. The van der Waals surface area contributed by atoms with E-state index in [-0.39, 0.29) is 11.7 Å². The largest absolute Gasteiger partial charge is 0.493 e. The number of carbonyl (C=O) groups excluding carboxylic acids is 1. The van der Waals surface area contributed by atoms with Crippen molar-refractivity contribution in [2.45, 2.75) is 0 Å². The normalized spacial score (nSPS) is 16.8. The van der Waals surface area contributed by atoms with Crippen LogP contribution in [0.1, 0.15) is 5.56 Å². The number of ether oxygens (including phenoxy) is 2. The minimum atomic E-state index is -0.336. The van der Waals surface area contributed by atoms with E-state index in [2.05, 4.69) is 26.2 Å². The molecule has 1 aliphatic rings. The third-order valence-electron chi connectivity index (χ3n) is 3.46. The van der Waals surface area contributed by atoms with Gasteiger partial charge in [-0.1, -0.05) is 0 Å². The minimum absolute atomic E-state index is 0.248. The summed E-state index contributed by atoms with van der Waals surface area (Å²) in [6.45, 7) is 0. The van der Waals surface area contributed by atoms with Crippen molar-refractivity contribution in [2.75, 3.05) is 14.2 Å². The zero-order valence-electron chi connectivity index (χ0n) is 13.9. The van der Waals surface area contributed by atoms with Crippen molar-refractivity contribution < 1.29 is 18.7 Å². The summed E-state index contributed by atoms with van der Waals surface area (Å²) in [6, 6.07) is 9.33. The number of nitrogens with one attached hydrogen (secondary N) is 1. The molecule has 134 valence electrons. The zero-order chi connectivity index (χ0) is 18.7. The van der Waals surface area contributed by atoms with Gasteiger partial charge in [0, 0.05) is 0 Å². The van der Waals surface area contributed by atoms with Crippen LogP contribution in [-0.4, -0.2) is 25.3 Å². The van der Waals surface area contributed by atoms with Crippen molar-refractivity contribution >= 4 is 50.5 Å². The molecule has 1 heterocycles. The Morgan fingerprint density at radius 1 is 1.19 bits per heavy atom. The fraction of sp³-hybridized carbons (Fsp3) is 0.111. The minimum Gasteiger partial charge on any atom is -0.493 e. The summed E-state index contributed by atoms with van der Waals surface area (Å²) in [7, 11) is 3.10. The van der Waals surface area contributed by atoms with Gasteiger partial charge in [-0.25, -0.2) is 9.38 Å². The van der Waals surface area contributed by atoms with Crippen LogP contribution in [-0.2, 0) is 4.79 Å². The summed E-state index contributed by atoms with van der Waals surface area (Å²) in [5.41, 5.74) is 1.33. The summed E-state index contributed by atoms with van der Waals surface area (Å²) in [5, 5.41) is 3.13. The Kier molecular flexibility index (Phi) is 5.63. The lowest BCUT2D eigenvalue weighted by Crippen LogP contribution is -2.19. The molecule has 8 heteroatoms. The molecule has 0 atom stereocenters. The molecule has 2 aromatic carbocycles. The van der Waals surface area contributed by atoms with E-state index < -0.39 is 0 Å². The number of hydrogen-bond donors (Lipinski definition) is 1. The molecular weight excluding hydrogens is 423 g/mol. The maximum Gasteiger partial charge on any atom is 0.264 e. The highest BCUT2D eigenvalue weighted by atomic mass is 79.9. The van der Waals surface area contributed by atoms with Gasteiger partial charge in [0.2, 0.25) is 0 Å². The van der Waals surface area contributed by atoms with Gasteiger partial charge >= 0.3 is 0 Å². The first-order chi connectivity index (χ1) is 12.5. The lowest BCUT2D eigenvalue weighted by atomic mass is 10.2. The van der Waals surface area contributed by atoms with E-state index in [1.165, 1.54) is 23.9 Å². The summed E-state index contributed by atoms with van der Waals surface area (Å²) in [5.74, 6) is 0.549. The van der Waals surface area contributed by atoms with Crippen molar-refractivity contribution in [1.29, 1.82) is 0 Å². The average Bonchev–Trinajstić information content (AvgIpc) is 2.95. The molecule has 0 aromatic heterocycles. The predicted molar refractivity (Wildman–Crippen MR) is 104 cm³/mol. The van der Waals surface area contributed by atoms with Crippen LogP contribution in [0.3, 0.4) is 0 Å². The van der Waals surface area contributed by atoms with Gasteiger partial charge in [-0.3, -0.25) is 4.79 Å². The molecule has 5 nitrogen and oxygen atoms in total. The van der Waals surface area contributed by atoms with Crippen molar-refractivity contribution in [3.8, 4) is 11.5 Å². The van der Waals surface area contributed by atoms with Gasteiger partial charge in [-0.15, -0.1) is 0 Å². The lowest BCUT2D eigenvalue weighted by Gasteiger charge is -2.10. The summed E-state index contributed by atoms with van der Waals surface area (Å²) >= 11 is 4.64. The fourth-order valence-corrected chi connectivity index (χ4v) is 3.75. The Labute approximate surface area is 162 Å². The molecule has 0 saturated carbocycles. The Morgan fingerprint density at radius 2 is 1.92 bits per heavy atom. The molecule has 0 unspecified atom stereocenters. The van der Waals surface area contributed by atoms with Crippen molar-refractivity contribution in [2.24, 2.45) is 4.99 Å². The lowest BCUT2D eigenvalue weighted by molar-refractivity contribution is -0.115. The first-order valence-corrected chi connectivity index (χ1v) is 9.08. The van der Waals surface area contributed by atoms with Gasteiger partial charge in [0.25, 0.3) is 5.91 Å². The van der Waals surface area contributed by atoms with Crippen LogP contribution in [0.4, 0.5) is 10.1 Å². The highest BCUT2D eigenvalue weighted by molar-refractivity contribution is 9.10. The highest BCUT2D eigenvalue weighted by Crippen LogP contribution is 2.38. The molecule has 1 saturated heterocycles. The molecule has 1 fully saturated rings. The molecule has 1 N–H and O–H groups in total. The smallest absolute Gasteiger partial charge is 0.264 e. The molecule has 0 bridgehead atoms. The number of benzene rings is 2. The van der Waals surface area contributed by atoms with Crippen LogP contribution in [0.2, 0.25) is 0 Å². The third kappa shape index (κ3) is 4.08. The van der Waals surface area contributed by atoms with Gasteiger partial charge in [-0.2, -0.15) is 0 Å². The third-order valence-corrected chi connectivity index (χ3v) is 4.96. The number of methoxy groups -OCH3 is 2. The number of nitrogens with zero attached hydrogens (tertiary/aromatic N) is 1. The second-order valence-electron chi connectivity index (χ2n) is 5.20. The summed E-state index contributed by atoms with van der Waals surface area (Å²) in [6.07, 6.45) is 1.74.